The number of aromatic hydroxyl groups is 1. The van der Waals surface area contributed by atoms with Crippen molar-refractivity contribution in [2.45, 2.75) is 30.9 Å². The maximum absolute atomic E-state index is 13.3. The van der Waals surface area contributed by atoms with Gasteiger partial charge < -0.3 is 36.5 Å². The highest BCUT2D eigenvalue weighted by Gasteiger charge is 2.49. The Bertz CT molecular complexity index is 1920. The fraction of sp³-hybridized carbons (Fsp3) is 0.256. The number of hydrogen-bond donors (Lipinski definition) is 6. The summed E-state index contributed by atoms with van der Waals surface area (Å²) in [5.74, 6) is -0.547. The third-order valence-corrected chi connectivity index (χ3v) is 9.56. The molecule has 0 radical (unpaired) electrons. The van der Waals surface area contributed by atoms with E-state index in [2.05, 4.69) is 20.5 Å². The molecule has 1 fully saturated rings. The Morgan fingerprint density at radius 3 is 2.24 bits per heavy atom. The largest absolute Gasteiger partial charge is 0.506 e. The van der Waals surface area contributed by atoms with Crippen molar-refractivity contribution in [1.29, 1.82) is 0 Å². The predicted molar refractivity (Wildman–Crippen MR) is 190 cm³/mol. The lowest BCUT2D eigenvalue weighted by Gasteiger charge is -2.37. The molecule has 4 aromatic carbocycles. The van der Waals surface area contributed by atoms with Crippen molar-refractivity contribution >= 4 is 28.4 Å². The first-order chi connectivity index (χ1) is 23.8. The maximum Gasteiger partial charge on any atom is 0.248 e. The van der Waals surface area contributed by atoms with Crippen LogP contribution in [0.25, 0.3) is 10.9 Å². The fourth-order valence-electron chi connectivity index (χ4n) is 7.12. The Labute approximate surface area is 284 Å². The van der Waals surface area contributed by atoms with E-state index in [1.807, 2.05) is 84.9 Å². The van der Waals surface area contributed by atoms with Gasteiger partial charge >= 0.3 is 0 Å². The summed E-state index contributed by atoms with van der Waals surface area (Å²) in [6.07, 6.45) is 0.240. The molecule has 2 amide bonds. The van der Waals surface area contributed by atoms with E-state index in [1.54, 1.807) is 12.1 Å². The molecule has 6 rings (SSSR count). The third kappa shape index (κ3) is 7.26. The first-order valence-electron chi connectivity index (χ1n) is 16.5. The number of aromatic amines is 1. The van der Waals surface area contributed by atoms with E-state index in [0.717, 1.165) is 29.7 Å². The zero-order valence-corrected chi connectivity index (χ0v) is 27.1. The average Bonchev–Trinajstić information content (AvgIpc) is 3.59. The molecule has 252 valence electrons. The van der Waals surface area contributed by atoms with Gasteiger partial charge in [-0.25, -0.2) is 0 Å². The van der Waals surface area contributed by atoms with Crippen LogP contribution in [0.15, 0.2) is 114 Å². The number of phenols is 1. The standard InChI is InChI=1S/C39H41N5O5/c40-38(49)39(27-7-3-1-4-8-27,28-9-5-2-6-10-28)29-19-21-44(25-29)22-20-36(48)42-30-13-11-26(12-14-30)23-41-24-34(46)31-15-17-33(45)37-32(31)16-18-35(47)43-37/h1-18,29,34,41,45-46H,19-25H2,(H2,40,49)(H,42,48)(H,43,47)/t29-,34-/m1/s1. The van der Waals surface area contributed by atoms with Crippen LogP contribution in [0.4, 0.5) is 5.69 Å². The number of aliphatic hydroxyl groups excluding tert-OH is 1. The molecule has 0 bridgehead atoms. The smallest absolute Gasteiger partial charge is 0.248 e. The van der Waals surface area contributed by atoms with Gasteiger partial charge in [-0.1, -0.05) is 78.9 Å². The number of carbonyl (C=O) groups excluding carboxylic acids is 2. The van der Waals surface area contributed by atoms with Gasteiger partial charge in [-0.3, -0.25) is 14.4 Å². The molecule has 49 heavy (non-hydrogen) atoms. The SMILES string of the molecule is NC(=O)C(c1ccccc1)(c1ccccc1)[C@@H]1CCN(CCC(=O)Nc2ccc(CNC[C@@H](O)c3ccc(O)c4[nH]c(=O)ccc34)cc2)C1. The van der Waals surface area contributed by atoms with Gasteiger partial charge in [0.2, 0.25) is 17.4 Å². The second-order valence-corrected chi connectivity index (χ2v) is 12.6. The molecular weight excluding hydrogens is 618 g/mol. The summed E-state index contributed by atoms with van der Waals surface area (Å²) >= 11 is 0. The molecule has 1 saturated heterocycles. The molecule has 5 aromatic rings. The predicted octanol–water partition coefficient (Wildman–Crippen LogP) is 4.18. The molecular formula is C39H41N5O5. The number of nitrogens with zero attached hydrogens (tertiary/aromatic N) is 1. The molecule has 0 unspecified atom stereocenters. The zero-order valence-electron chi connectivity index (χ0n) is 27.1. The van der Waals surface area contributed by atoms with Crippen molar-refractivity contribution in [2.24, 2.45) is 11.7 Å². The van der Waals surface area contributed by atoms with Gasteiger partial charge in [0.05, 0.1) is 11.6 Å². The second kappa shape index (κ2) is 14.9. The van der Waals surface area contributed by atoms with E-state index < -0.39 is 11.5 Å². The number of pyridine rings is 1. The number of likely N-dealkylation sites (tertiary alicyclic amines) is 1. The number of phenolic OH excluding ortho intramolecular Hbond substituents is 1. The van der Waals surface area contributed by atoms with E-state index >= 15 is 0 Å². The lowest BCUT2D eigenvalue weighted by molar-refractivity contribution is -0.124. The number of H-pyrrole nitrogens is 1. The Morgan fingerprint density at radius 2 is 1.59 bits per heavy atom. The van der Waals surface area contributed by atoms with Gasteiger partial charge in [0, 0.05) is 49.7 Å². The molecule has 10 heteroatoms. The molecule has 0 aliphatic carbocycles. The average molecular weight is 660 g/mol. The normalized spacial score (nSPS) is 15.7. The number of nitrogens with one attached hydrogen (secondary N) is 3. The number of amides is 2. The molecule has 1 aliphatic rings. The number of aromatic nitrogens is 1. The summed E-state index contributed by atoms with van der Waals surface area (Å²) in [5.41, 5.74) is 9.26. The summed E-state index contributed by atoms with van der Waals surface area (Å²) in [6.45, 7) is 2.74. The number of nitrogens with two attached hydrogens (primary N) is 1. The highest BCUT2D eigenvalue weighted by Crippen LogP contribution is 2.43. The summed E-state index contributed by atoms with van der Waals surface area (Å²) < 4.78 is 0. The van der Waals surface area contributed by atoms with Crippen LogP contribution < -0.4 is 21.9 Å². The Hall–Kier alpha value is -5.29. The number of rotatable bonds is 13. The van der Waals surface area contributed by atoms with Gasteiger partial charge in [0.1, 0.15) is 11.2 Å². The van der Waals surface area contributed by atoms with Crippen molar-refractivity contribution in [1.82, 2.24) is 15.2 Å². The highest BCUT2D eigenvalue weighted by molar-refractivity contribution is 5.92. The first kappa shape index (κ1) is 33.6. The fourth-order valence-corrected chi connectivity index (χ4v) is 7.12. The summed E-state index contributed by atoms with van der Waals surface area (Å²) in [5, 5.41) is 27.7. The van der Waals surface area contributed by atoms with Gasteiger partial charge in [-0.15, -0.1) is 0 Å². The molecule has 7 N–H and O–H groups in total. The van der Waals surface area contributed by atoms with Gasteiger partial charge in [0.25, 0.3) is 0 Å². The number of anilines is 1. The van der Waals surface area contributed by atoms with Crippen LogP contribution in [-0.4, -0.2) is 58.1 Å². The topological polar surface area (TPSA) is 161 Å². The van der Waals surface area contributed by atoms with E-state index in [-0.39, 0.29) is 35.6 Å². The zero-order chi connectivity index (χ0) is 34.4. The summed E-state index contributed by atoms with van der Waals surface area (Å²) in [7, 11) is 0. The van der Waals surface area contributed by atoms with Crippen molar-refractivity contribution < 1.29 is 19.8 Å². The Kier molecular flexibility index (Phi) is 10.2. The van der Waals surface area contributed by atoms with Gasteiger partial charge in [-0.05, 0) is 65.4 Å². The van der Waals surface area contributed by atoms with Crippen molar-refractivity contribution in [3.63, 3.8) is 0 Å². The molecule has 10 nitrogen and oxygen atoms in total. The number of aliphatic hydroxyl groups is 1. The number of primary amides is 1. The van der Waals surface area contributed by atoms with Crippen molar-refractivity contribution in [3.8, 4) is 5.75 Å². The quantitative estimate of drug-likeness (QED) is 0.111. The van der Waals surface area contributed by atoms with Crippen LogP contribution in [0.5, 0.6) is 5.75 Å². The van der Waals surface area contributed by atoms with Crippen molar-refractivity contribution in [3.05, 3.63) is 142 Å². The molecule has 2 heterocycles. The maximum atomic E-state index is 13.3. The molecule has 1 aliphatic heterocycles. The number of carbonyl (C=O) groups is 2. The Morgan fingerprint density at radius 1 is 0.918 bits per heavy atom. The molecule has 1 aromatic heterocycles. The molecule has 0 spiro atoms. The van der Waals surface area contributed by atoms with Crippen LogP contribution in [0, 0.1) is 5.92 Å². The van der Waals surface area contributed by atoms with Crippen molar-refractivity contribution in [2.75, 3.05) is 31.5 Å². The van der Waals surface area contributed by atoms with E-state index in [1.165, 1.54) is 12.1 Å². The summed E-state index contributed by atoms with van der Waals surface area (Å²) in [4.78, 5) is 42.8. The second-order valence-electron chi connectivity index (χ2n) is 12.6. The van der Waals surface area contributed by atoms with Crippen LogP contribution >= 0.6 is 0 Å². The van der Waals surface area contributed by atoms with E-state index in [9.17, 15) is 24.6 Å². The Balaban J connectivity index is 1.00. The third-order valence-electron chi connectivity index (χ3n) is 9.56. The monoisotopic (exact) mass is 659 g/mol. The minimum Gasteiger partial charge on any atom is -0.506 e. The van der Waals surface area contributed by atoms with Crippen LogP contribution in [0.3, 0.4) is 0 Å². The van der Waals surface area contributed by atoms with Crippen LogP contribution in [-0.2, 0) is 21.5 Å². The minimum atomic E-state index is -0.963. The molecule has 0 saturated carbocycles. The minimum absolute atomic E-state index is 0.0360. The van der Waals surface area contributed by atoms with Gasteiger partial charge in [-0.2, -0.15) is 0 Å². The van der Waals surface area contributed by atoms with E-state index in [4.69, 9.17) is 5.73 Å². The summed E-state index contributed by atoms with van der Waals surface area (Å²) in [6, 6.07) is 33.1. The van der Waals surface area contributed by atoms with Gasteiger partial charge in [0.15, 0.2) is 0 Å². The van der Waals surface area contributed by atoms with E-state index in [0.29, 0.717) is 48.2 Å². The molecule has 2 atom stereocenters. The highest BCUT2D eigenvalue weighted by atomic mass is 16.3. The number of hydrogen-bond acceptors (Lipinski definition) is 7. The lowest BCUT2D eigenvalue weighted by atomic mass is 9.64. The number of benzene rings is 4. The van der Waals surface area contributed by atoms with Crippen LogP contribution in [0.2, 0.25) is 0 Å². The first-order valence-corrected chi connectivity index (χ1v) is 16.5. The lowest BCUT2D eigenvalue weighted by Crippen LogP contribution is -2.49. The van der Waals surface area contributed by atoms with Crippen LogP contribution in [0.1, 0.15) is 41.2 Å². The number of fused-ring (bicyclic) bond motifs is 1.